The zero-order valence-electron chi connectivity index (χ0n) is 10.8. The summed E-state index contributed by atoms with van der Waals surface area (Å²) >= 11 is 3.47. The average Bonchev–Trinajstić information content (AvgIpc) is 2.30. The smallest absolute Gasteiger partial charge is 0.168 e. The summed E-state index contributed by atoms with van der Waals surface area (Å²) in [6, 6.07) is 12.9. The molecule has 0 aliphatic rings. The van der Waals surface area contributed by atoms with Crippen molar-refractivity contribution in [1.82, 2.24) is 0 Å². The molecule has 0 aliphatic heterocycles. The minimum atomic E-state index is 0. The second kappa shape index (κ2) is 6.15. The van der Waals surface area contributed by atoms with Gasteiger partial charge in [0, 0.05) is 22.0 Å². The third-order valence-corrected chi connectivity index (χ3v) is 3.79. The maximum Gasteiger partial charge on any atom is 0.168 e. The van der Waals surface area contributed by atoms with Crippen LogP contribution in [0.3, 0.4) is 0 Å². The molecule has 1 heterocycles. The highest BCUT2D eigenvalue weighted by molar-refractivity contribution is 9.10. The van der Waals surface area contributed by atoms with E-state index >= 15 is 0 Å². The lowest BCUT2D eigenvalue weighted by molar-refractivity contribution is -0.671. The molecule has 2 rings (SSSR count). The summed E-state index contributed by atoms with van der Waals surface area (Å²) in [5.74, 6) is 0. The van der Waals surface area contributed by atoms with Gasteiger partial charge in [0.2, 0.25) is 0 Å². The molecule has 0 spiro atoms. The molecule has 0 N–H and O–H groups in total. The fraction of sp³-hybridized carbons (Fsp3) is 0.267. The van der Waals surface area contributed by atoms with Crippen LogP contribution in [0.1, 0.15) is 25.0 Å². The highest BCUT2D eigenvalue weighted by Gasteiger charge is 2.23. The number of nitrogens with zero attached hydrogens (tertiary/aromatic N) is 1. The topological polar surface area (TPSA) is 3.88 Å². The molecule has 2 aromatic rings. The van der Waals surface area contributed by atoms with Gasteiger partial charge in [-0.05, 0) is 23.3 Å². The number of hydrogen-bond donors (Lipinski definition) is 0. The Kier molecular flexibility index (Phi) is 5.34. The molecule has 0 aliphatic carbocycles. The number of rotatable bonds is 2. The summed E-state index contributed by atoms with van der Waals surface area (Å²) in [6.45, 7) is 4.51. The normalized spacial score (nSPS) is 10.9. The van der Waals surface area contributed by atoms with Crippen molar-refractivity contribution in [3.8, 4) is 0 Å². The summed E-state index contributed by atoms with van der Waals surface area (Å²) in [7, 11) is 2.04. The third kappa shape index (κ3) is 3.32. The lowest BCUT2D eigenvalue weighted by atomic mass is 9.79. The highest BCUT2D eigenvalue weighted by Crippen LogP contribution is 2.31. The van der Waals surface area contributed by atoms with Crippen LogP contribution in [0, 0.1) is 0 Å². The van der Waals surface area contributed by atoms with Gasteiger partial charge in [0.1, 0.15) is 7.05 Å². The van der Waals surface area contributed by atoms with E-state index < -0.39 is 0 Å². The monoisotopic (exact) mass is 417 g/mol. The molecule has 0 bridgehead atoms. The van der Waals surface area contributed by atoms with E-state index in [9.17, 15) is 0 Å². The Morgan fingerprint density at radius 2 is 1.33 bits per heavy atom. The first-order chi connectivity index (χ1) is 8.00. The summed E-state index contributed by atoms with van der Waals surface area (Å²) in [6.07, 6.45) is 4.19. The van der Waals surface area contributed by atoms with Crippen molar-refractivity contribution < 1.29 is 28.5 Å². The Hall–Kier alpha value is -0.420. The standard InChI is InChI=1S/C15H17BrN.HI/c1-15(2,12-4-6-14(16)7-5-12)13-8-10-17(3)11-9-13;/h4-11H,1-3H3;1H/q+1;/p-1. The predicted octanol–water partition coefficient (Wildman–Crippen LogP) is 0.603. The van der Waals surface area contributed by atoms with Crippen LogP contribution in [0.2, 0.25) is 0 Å². The lowest BCUT2D eigenvalue weighted by Crippen LogP contribution is -3.00. The number of halogens is 2. The summed E-state index contributed by atoms with van der Waals surface area (Å²) in [4.78, 5) is 0. The molecule has 0 saturated carbocycles. The molecule has 18 heavy (non-hydrogen) atoms. The molecule has 96 valence electrons. The minimum absolute atomic E-state index is 0. The Balaban J connectivity index is 0.00000162. The van der Waals surface area contributed by atoms with Crippen LogP contribution in [-0.4, -0.2) is 0 Å². The van der Waals surface area contributed by atoms with E-state index in [1.807, 2.05) is 7.05 Å². The largest absolute Gasteiger partial charge is 1.00 e. The first kappa shape index (κ1) is 15.6. The van der Waals surface area contributed by atoms with Crippen molar-refractivity contribution >= 4 is 15.9 Å². The van der Waals surface area contributed by atoms with E-state index in [4.69, 9.17) is 0 Å². The zero-order chi connectivity index (χ0) is 12.5. The second-order valence-corrected chi connectivity index (χ2v) is 5.80. The van der Waals surface area contributed by atoms with Gasteiger partial charge in [0.25, 0.3) is 0 Å². The number of aryl methyl sites for hydroxylation is 1. The second-order valence-electron chi connectivity index (χ2n) is 4.88. The van der Waals surface area contributed by atoms with E-state index in [1.54, 1.807) is 0 Å². The molecule has 1 nitrogen and oxygen atoms in total. The molecule has 0 fully saturated rings. The van der Waals surface area contributed by atoms with Gasteiger partial charge in [-0.3, -0.25) is 0 Å². The van der Waals surface area contributed by atoms with Crippen molar-refractivity contribution in [2.24, 2.45) is 7.05 Å². The van der Waals surface area contributed by atoms with E-state index in [-0.39, 0.29) is 29.4 Å². The lowest BCUT2D eigenvalue weighted by Gasteiger charge is -2.25. The Labute approximate surface area is 134 Å². The number of pyridine rings is 1. The fourth-order valence-electron chi connectivity index (χ4n) is 1.95. The van der Waals surface area contributed by atoms with Crippen molar-refractivity contribution in [2.75, 3.05) is 0 Å². The van der Waals surface area contributed by atoms with Gasteiger partial charge in [0.05, 0.1) is 0 Å². The average molecular weight is 418 g/mol. The van der Waals surface area contributed by atoms with Gasteiger partial charge in [-0.15, -0.1) is 0 Å². The van der Waals surface area contributed by atoms with Gasteiger partial charge >= 0.3 is 0 Å². The number of benzene rings is 1. The quantitative estimate of drug-likeness (QED) is 0.497. The Bertz CT molecular complexity index is 456. The van der Waals surface area contributed by atoms with E-state index in [2.05, 4.69) is 83.1 Å². The van der Waals surface area contributed by atoms with Crippen LogP contribution in [0.15, 0.2) is 53.3 Å². The summed E-state index contributed by atoms with van der Waals surface area (Å²) in [5.41, 5.74) is 2.70. The first-order valence-electron chi connectivity index (χ1n) is 5.72. The molecule has 0 atom stereocenters. The maximum atomic E-state index is 3.47. The van der Waals surface area contributed by atoms with Crippen molar-refractivity contribution in [3.63, 3.8) is 0 Å². The van der Waals surface area contributed by atoms with E-state index in [0.29, 0.717) is 0 Å². The molecule has 1 aromatic heterocycles. The van der Waals surface area contributed by atoms with Crippen LogP contribution in [-0.2, 0) is 12.5 Å². The van der Waals surface area contributed by atoms with Crippen LogP contribution in [0.4, 0.5) is 0 Å². The van der Waals surface area contributed by atoms with Gasteiger partial charge in [-0.25, -0.2) is 4.57 Å². The van der Waals surface area contributed by atoms with E-state index in [1.165, 1.54) is 11.1 Å². The summed E-state index contributed by atoms with van der Waals surface area (Å²) in [5, 5.41) is 0. The van der Waals surface area contributed by atoms with Crippen LogP contribution >= 0.6 is 15.9 Å². The zero-order valence-corrected chi connectivity index (χ0v) is 14.6. The molecule has 0 unspecified atom stereocenters. The number of aromatic nitrogens is 1. The molecular formula is C15H17BrIN. The Morgan fingerprint density at radius 3 is 1.83 bits per heavy atom. The summed E-state index contributed by atoms with van der Waals surface area (Å²) < 4.78 is 3.18. The van der Waals surface area contributed by atoms with Crippen molar-refractivity contribution in [1.29, 1.82) is 0 Å². The molecule has 0 amide bonds. The molecule has 0 radical (unpaired) electrons. The number of hydrogen-bond acceptors (Lipinski definition) is 0. The maximum absolute atomic E-state index is 3.47. The first-order valence-corrected chi connectivity index (χ1v) is 6.51. The molecular weight excluding hydrogens is 401 g/mol. The molecule has 3 heteroatoms. The van der Waals surface area contributed by atoms with Gasteiger partial charge in [-0.2, -0.15) is 0 Å². The van der Waals surface area contributed by atoms with E-state index in [0.717, 1.165) is 4.47 Å². The molecule has 1 aromatic carbocycles. The highest BCUT2D eigenvalue weighted by atomic mass is 127. The fourth-order valence-corrected chi connectivity index (χ4v) is 2.22. The van der Waals surface area contributed by atoms with Gasteiger partial charge < -0.3 is 24.0 Å². The van der Waals surface area contributed by atoms with Crippen molar-refractivity contribution in [3.05, 3.63) is 64.4 Å². The third-order valence-electron chi connectivity index (χ3n) is 3.27. The Morgan fingerprint density at radius 1 is 0.889 bits per heavy atom. The van der Waals surface area contributed by atoms with Gasteiger partial charge in [-0.1, -0.05) is 41.9 Å². The molecule has 0 saturated heterocycles. The van der Waals surface area contributed by atoms with Crippen LogP contribution in [0.25, 0.3) is 0 Å². The van der Waals surface area contributed by atoms with Crippen LogP contribution in [0.5, 0.6) is 0 Å². The SMILES string of the molecule is C[n+]1ccc(C(C)(C)c2ccc(Br)cc2)cc1.[I-]. The van der Waals surface area contributed by atoms with Crippen molar-refractivity contribution in [2.45, 2.75) is 19.3 Å². The van der Waals surface area contributed by atoms with Crippen LogP contribution < -0.4 is 28.5 Å². The minimum Gasteiger partial charge on any atom is -1.00 e. The van der Waals surface area contributed by atoms with Gasteiger partial charge in [0.15, 0.2) is 12.4 Å². The predicted molar refractivity (Wildman–Crippen MR) is 73.9 cm³/mol.